The molecule has 2 aromatic rings. The summed E-state index contributed by atoms with van der Waals surface area (Å²) in [5.74, 6) is -0.670. The molecule has 0 saturated heterocycles. The van der Waals surface area contributed by atoms with Crippen molar-refractivity contribution in [1.29, 1.82) is 0 Å². The largest absolute Gasteiger partial charge is 0.453 e. The molecule has 2 rings (SSSR count). The van der Waals surface area contributed by atoms with Crippen LogP contribution in [0, 0.1) is 0 Å². The monoisotopic (exact) mass is 274 g/mol. The highest BCUT2D eigenvalue weighted by molar-refractivity contribution is 5.85. The molecule has 0 bridgehead atoms. The van der Waals surface area contributed by atoms with Crippen LogP contribution in [0.15, 0.2) is 30.5 Å². The first-order valence-corrected chi connectivity index (χ1v) is 6.58. The number of ether oxygens (including phenoxy) is 1. The lowest BCUT2D eigenvalue weighted by atomic mass is 10.1. The Morgan fingerprint density at radius 3 is 2.85 bits per heavy atom. The molecule has 5 nitrogen and oxygen atoms in total. The van der Waals surface area contributed by atoms with E-state index < -0.39 is 6.10 Å². The van der Waals surface area contributed by atoms with Crippen LogP contribution in [-0.4, -0.2) is 30.0 Å². The van der Waals surface area contributed by atoms with E-state index >= 15 is 0 Å². The fourth-order valence-electron chi connectivity index (χ4n) is 2.09. The Balaban J connectivity index is 1.92. The maximum absolute atomic E-state index is 11.7. The van der Waals surface area contributed by atoms with Crippen molar-refractivity contribution in [2.24, 2.45) is 0 Å². The molecule has 0 radical (unpaired) electrons. The van der Waals surface area contributed by atoms with E-state index in [9.17, 15) is 9.59 Å². The number of esters is 1. The van der Waals surface area contributed by atoms with E-state index in [1.54, 1.807) is 6.92 Å². The second kappa shape index (κ2) is 6.23. The number of rotatable bonds is 5. The Morgan fingerprint density at radius 1 is 1.35 bits per heavy atom. The van der Waals surface area contributed by atoms with Gasteiger partial charge in [0.1, 0.15) is 0 Å². The summed E-state index contributed by atoms with van der Waals surface area (Å²) in [5.41, 5.74) is 2.12. The van der Waals surface area contributed by atoms with E-state index in [4.69, 9.17) is 4.74 Å². The molecule has 1 aromatic carbocycles. The zero-order valence-corrected chi connectivity index (χ0v) is 11.6. The van der Waals surface area contributed by atoms with Gasteiger partial charge < -0.3 is 15.0 Å². The second-order valence-corrected chi connectivity index (χ2v) is 4.61. The molecule has 0 aliphatic heterocycles. The van der Waals surface area contributed by atoms with E-state index in [1.165, 1.54) is 7.05 Å². The smallest absolute Gasteiger partial charge is 0.306 e. The van der Waals surface area contributed by atoms with Gasteiger partial charge in [0, 0.05) is 30.6 Å². The van der Waals surface area contributed by atoms with Crippen molar-refractivity contribution in [2.75, 3.05) is 7.05 Å². The van der Waals surface area contributed by atoms with E-state index in [2.05, 4.69) is 10.3 Å². The van der Waals surface area contributed by atoms with Crippen molar-refractivity contribution in [1.82, 2.24) is 10.3 Å². The van der Waals surface area contributed by atoms with Gasteiger partial charge in [-0.3, -0.25) is 9.59 Å². The summed E-state index contributed by atoms with van der Waals surface area (Å²) < 4.78 is 5.05. The number of carbonyl (C=O) groups is 2. The van der Waals surface area contributed by atoms with Gasteiger partial charge in [0.15, 0.2) is 6.10 Å². The summed E-state index contributed by atoms with van der Waals surface area (Å²) in [4.78, 5) is 26.1. The highest BCUT2D eigenvalue weighted by Gasteiger charge is 2.16. The van der Waals surface area contributed by atoms with E-state index in [0.717, 1.165) is 16.5 Å². The summed E-state index contributed by atoms with van der Waals surface area (Å²) in [7, 11) is 1.51. The first-order chi connectivity index (χ1) is 9.61. The predicted molar refractivity (Wildman–Crippen MR) is 76.2 cm³/mol. The number of aromatic amines is 1. The van der Waals surface area contributed by atoms with E-state index in [-0.39, 0.29) is 18.3 Å². The van der Waals surface area contributed by atoms with Gasteiger partial charge in [-0.15, -0.1) is 0 Å². The van der Waals surface area contributed by atoms with Crippen LogP contribution < -0.4 is 5.32 Å². The molecule has 0 aliphatic carbocycles. The lowest BCUT2D eigenvalue weighted by Crippen LogP contribution is -2.33. The van der Waals surface area contributed by atoms with Gasteiger partial charge >= 0.3 is 5.97 Å². The molecule has 1 atom stereocenters. The topological polar surface area (TPSA) is 71.2 Å². The van der Waals surface area contributed by atoms with E-state index in [1.807, 2.05) is 30.5 Å². The molecule has 5 heteroatoms. The Kier molecular flexibility index (Phi) is 4.40. The number of amides is 1. The van der Waals surface area contributed by atoms with Crippen LogP contribution in [0.25, 0.3) is 10.9 Å². The quantitative estimate of drug-likeness (QED) is 0.816. The SMILES string of the molecule is CNC(=O)C(C)OC(=O)CCc1c[nH]c2ccccc12. The van der Waals surface area contributed by atoms with Crippen LogP contribution in [0.3, 0.4) is 0 Å². The van der Waals surface area contributed by atoms with E-state index in [0.29, 0.717) is 6.42 Å². The van der Waals surface area contributed by atoms with Crippen molar-refractivity contribution in [3.05, 3.63) is 36.0 Å². The molecule has 1 amide bonds. The van der Waals surface area contributed by atoms with Crippen molar-refractivity contribution < 1.29 is 14.3 Å². The minimum Gasteiger partial charge on any atom is -0.453 e. The van der Waals surface area contributed by atoms with Gasteiger partial charge in [0.25, 0.3) is 5.91 Å². The van der Waals surface area contributed by atoms with Crippen LogP contribution in [0.5, 0.6) is 0 Å². The summed E-state index contributed by atoms with van der Waals surface area (Å²) in [6, 6.07) is 7.93. The fraction of sp³-hybridized carbons (Fsp3) is 0.333. The number of aromatic nitrogens is 1. The normalized spacial score (nSPS) is 12.1. The lowest BCUT2D eigenvalue weighted by molar-refractivity contribution is -0.154. The van der Waals surface area contributed by atoms with Crippen LogP contribution in [0.1, 0.15) is 18.9 Å². The van der Waals surface area contributed by atoms with Crippen molar-refractivity contribution >= 4 is 22.8 Å². The Labute approximate surface area is 117 Å². The number of aryl methyl sites for hydroxylation is 1. The minimum atomic E-state index is -0.754. The van der Waals surface area contributed by atoms with Crippen LogP contribution >= 0.6 is 0 Å². The Hall–Kier alpha value is -2.30. The minimum absolute atomic E-state index is 0.253. The van der Waals surface area contributed by atoms with Gasteiger partial charge in [-0.2, -0.15) is 0 Å². The van der Waals surface area contributed by atoms with Crippen molar-refractivity contribution in [3.8, 4) is 0 Å². The Bertz CT molecular complexity index is 618. The van der Waals surface area contributed by atoms with Gasteiger partial charge in [0.2, 0.25) is 0 Å². The molecule has 0 spiro atoms. The summed E-state index contributed by atoms with van der Waals surface area (Å²) in [5, 5.41) is 3.55. The number of benzene rings is 1. The first-order valence-electron chi connectivity index (χ1n) is 6.58. The predicted octanol–water partition coefficient (Wildman–Crippen LogP) is 1.78. The fourth-order valence-corrected chi connectivity index (χ4v) is 2.09. The third-order valence-corrected chi connectivity index (χ3v) is 3.20. The van der Waals surface area contributed by atoms with Gasteiger partial charge in [-0.1, -0.05) is 18.2 Å². The van der Waals surface area contributed by atoms with Crippen LogP contribution in [0.2, 0.25) is 0 Å². The standard InChI is InChI=1S/C15H18N2O3/c1-10(15(19)16-2)20-14(18)8-7-11-9-17-13-6-4-3-5-12(11)13/h3-6,9-10,17H,7-8H2,1-2H3,(H,16,19). The third-order valence-electron chi connectivity index (χ3n) is 3.20. The molecule has 106 valence electrons. The van der Waals surface area contributed by atoms with Crippen LogP contribution in [0.4, 0.5) is 0 Å². The first kappa shape index (κ1) is 14.1. The Morgan fingerprint density at radius 2 is 2.10 bits per heavy atom. The number of fused-ring (bicyclic) bond motifs is 1. The molecular weight excluding hydrogens is 256 g/mol. The van der Waals surface area contributed by atoms with Crippen molar-refractivity contribution in [2.45, 2.75) is 25.9 Å². The van der Waals surface area contributed by atoms with Gasteiger partial charge in [0.05, 0.1) is 0 Å². The number of hydrogen-bond donors (Lipinski definition) is 2. The second-order valence-electron chi connectivity index (χ2n) is 4.61. The molecule has 20 heavy (non-hydrogen) atoms. The molecule has 1 heterocycles. The molecule has 1 unspecified atom stereocenters. The highest BCUT2D eigenvalue weighted by atomic mass is 16.5. The number of nitrogens with one attached hydrogen (secondary N) is 2. The van der Waals surface area contributed by atoms with Gasteiger partial charge in [-0.25, -0.2) is 0 Å². The number of likely N-dealkylation sites (N-methyl/N-ethyl adjacent to an activating group) is 1. The molecule has 0 saturated carbocycles. The molecular formula is C15H18N2O3. The summed E-state index contributed by atoms with van der Waals surface area (Å²) in [6.07, 6.45) is 1.99. The maximum Gasteiger partial charge on any atom is 0.306 e. The number of H-pyrrole nitrogens is 1. The number of carbonyl (C=O) groups excluding carboxylic acids is 2. The average Bonchev–Trinajstić information content (AvgIpc) is 2.87. The summed E-state index contributed by atoms with van der Waals surface area (Å²) >= 11 is 0. The molecule has 1 aromatic heterocycles. The average molecular weight is 274 g/mol. The van der Waals surface area contributed by atoms with Gasteiger partial charge in [-0.05, 0) is 25.0 Å². The number of para-hydroxylation sites is 1. The van der Waals surface area contributed by atoms with Crippen molar-refractivity contribution in [3.63, 3.8) is 0 Å². The summed E-state index contributed by atoms with van der Waals surface area (Å²) in [6.45, 7) is 1.56. The third kappa shape index (κ3) is 3.17. The van der Waals surface area contributed by atoms with Crippen LogP contribution in [-0.2, 0) is 20.7 Å². The zero-order valence-electron chi connectivity index (χ0n) is 11.6. The number of hydrogen-bond acceptors (Lipinski definition) is 3. The maximum atomic E-state index is 11.7. The molecule has 2 N–H and O–H groups in total. The lowest BCUT2D eigenvalue weighted by Gasteiger charge is -2.11. The molecule has 0 aliphatic rings. The molecule has 0 fully saturated rings. The zero-order chi connectivity index (χ0) is 14.5. The highest BCUT2D eigenvalue weighted by Crippen LogP contribution is 2.19.